The highest BCUT2D eigenvalue weighted by atomic mass is 32.2. The molecule has 0 N–H and O–H groups in total. The second kappa shape index (κ2) is 11.8. The summed E-state index contributed by atoms with van der Waals surface area (Å²) in [5, 5.41) is 0. The van der Waals surface area contributed by atoms with Gasteiger partial charge in [0.05, 0.1) is 6.61 Å². The van der Waals surface area contributed by atoms with Crippen LogP contribution in [0.1, 0.15) is 34.1 Å². The molecule has 7 heteroatoms. The summed E-state index contributed by atoms with van der Waals surface area (Å²) in [6, 6.07) is 0. The second-order valence-electron chi connectivity index (χ2n) is 3.92. The summed E-state index contributed by atoms with van der Waals surface area (Å²) in [6.07, 6.45) is 1.33. The smallest absolute Gasteiger partial charge is 0.367 e. The van der Waals surface area contributed by atoms with Gasteiger partial charge in [0.1, 0.15) is 0 Å². The highest BCUT2D eigenvalue weighted by Crippen LogP contribution is 2.43. The highest BCUT2D eigenvalue weighted by Gasteiger charge is 2.42. The maximum Gasteiger partial charge on any atom is 0.367 e. The Labute approximate surface area is 131 Å². The molecule has 0 fully saturated rings. The number of carbonyl (C=O) groups is 1. The summed E-state index contributed by atoms with van der Waals surface area (Å²) in [6.45, 7) is 8.68. The van der Waals surface area contributed by atoms with Gasteiger partial charge in [-0.2, -0.15) is 0 Å². The standard InChI is InChI=1S/C13H26O4PS2/c1-5-16-11-18(15)10-9-13(19-7-3,20-8-4)12(14)17-6-2/h5-11H2,1-4H3/q+1. The molecule has 0 rings (SSSR count). The number of hydrogen-bond acceptors (Lipinski definition) is 6. The van der Waals surface area contributed by atoms with E-state index in [1.54, 1.807) is 23.5 Å². The van der Waals surface area contributed by atoms with Crippen molar-refractivity contribution in [1.82, 2.24) is 0 Å². The van der Waals surface area contributed by atoms with Crippen LogP contribution in [0.2, 0.25) is 0 Å². The van der Waals surface area contributed by atoms with Crippen LogP contribution in [0.25, 0.3) is 0 Å². The SMILES string of the molecule is CCOC[P+](=O)CCC(SCC)(SCC)C(=O)OCC. The van der Waals surface area contributed by atoms with Gasteiger partial charge in [0, 0.05) is 13.0 Å². The van der Waals surface area contributed by atoms with Gasteiger partial charge in [0.15, 0.2) is 10.2 Å². The number of hydrogen-bond donors (Lipinski definition) is 0. The van der Waals surface area contributed by atoms with E-state index in [0.29, 0.717) is 25.8 Å². The molecule has 0 bridgehead atoms. The average Bonchev–Trinajstić information content (AvgIpc) is 2.43. The van der Waals surface area contributed by atoms with Crippen LogP contribution in [-0.4, -0.2) is 47.3 Å². The maximum atomic E-state index is 12.3. The van der Waals surface area contributed by atoms with E-state index in [2.05, 4.69) is 0 Å². The minimum atomic E-state index is -1.41. The molecule has 1 unspecified atom stereocenters. The zero-order chi connectivity index (χ0) is 15.4. The number of thioether (sulfide) groups is 2. The monoisotopic (exact) mass is 341 g/mol. The first-order valence-electron chi connectivity index (χ1n) is 7.01. The van der Waals surface area contributed by atoms with Crippen LogP contribution in [-0.2, 0) is 18.8 Å². The highest BCUT2D eigenvalue weighted by molar-refractivity contribution is 8.19. The summed E-state index contributed by atoms with van der Waals surface area (Å²) in [4.78, 5) is 12.3. The first kappa shape index (κ1) is 20.2. The van der Waals surface area contributed by atoms with Crippen molar-refractivity contribution in [3.05, 3.63) is 0 Å². The van der Waals surface area contributed by atoms with E-state index < -0.39 is 11.9 Å². The fourth-order valence-electron chi connectivity index (χ4n) is 1.64. The van der Waals surface area contributed by atoms with Gasteiger partial charge in [0.25, 0.3) is 0 Å². The second-order valence-corrected chi connectivity index (χ2v) is 8.97. The molecule has 0 aliphatic carbocycles. The van der Waals surface area contributed by atoms with Crippen LogP contribution in [0.4, 0.5) is 0 Å². The van der Waals surface area contributed by atoms with E-state index in [9.17, 15) is 9.36 Å². The third kappa shape index (κ3) is 7.30. The molecular formula is C13H26O4PS2+. The molecule has 0 radical (unpaired) electrons. The third-order valence-electron chi connectivity index (χ3n) is 2.47. The first-order chi connectivity index (χ1) is 9.56. The minimum absolute atomic E-state index is 0.196. The van der Waals surface area contributed by atoms with Crippen LogP contribution in [0.3, 0.4) is 0 Å². The van der Waals surface area contributed by atoms with Crippen molar-refractivity contribution in [3.63, 3.8) is 0 Å². The molecule has 0 saturated heterocycles. The lowest BCUT2D eigenvalue weighted by atomic mass is 10.3. The summed E-state index contributed by atoms with van der Waals surface area (Å²) in [7, 11) is -1.41. The lowest BCUT2D eigenvalue weighted by molar-refractivity contribution is -0.143. The van der Waals surface area contributed by atoms with E-state index in [4.69, 9.17) is 9.47 Å². The normalized spacial score (nSPS) is 12.3. The predicted octanol–water partition coefficient (Wildman–Crippen LogP) is 3.96. The van der Waals surface area contributed by atoms with Gasteiger partial charge < -0.3 is 9.47 Å². The zero-order valence-corrected chi connectivity index (χ0v) is 15.4. The fourth-order valence-corrected chi connectivity index (χ4v) is 5.86. The lowest BCUT2D eigenvalue weighted by Gasteiger charge is -2.28. The maximum absolute atomic E-state index is 12.3. The Kier molecular flexibility index (Phi) is 12.0. The molecule has 4 nitrogen and oxygen atoms in total. The molecule has 0 spiro atoms. The quantitative estimate of drug-likeness (QED) is 0.304. The molecule has 0 aliphatic rings. The molecule has 0 amide bonds. The van der Waals surface area contributed by atoms with Crippen molar-refractivity contribution in [2.75, 3.05) is 37.2 Å². The molecular weight excluding hydrogens is 315 g/mol. The molecule has 0 heterocycles. The number of esters is 1. The topological polar surface area (TPSA) is 52.6 Å². The van der Waals surface area contributed by atoms with E-state index in [1.807, 2.05) is 27.7 Å². The van der Waals surface area contributed by atoms with Crippen molar-refractivity contribution in [2.45, 2.75) is 38.2 Å². The van der Waals surface area contributed by atoms with Gasteiger partial charge in [0.2, 0.25) is 6.35 Å². The van der Waals surface area contributed by atoms with Crippen molar-refractivity contribution in [1.29, 1.82) is 0 Å². The summed E-state index contributed by atoms with van der Waals surface area (Å²) in [5.41, 5.74) is 0. The first-order valence-corrected chi connectivity index (χ1v) is 10.6. The summed E-state index contributed by atoms with van der Waals surface area (Å²) < 4.78 is 21.7. The van der Waals surface area contributed by atoms with Gasteiger partial charge in [-0.15, -0.1) is 23.5 Å². The van der Waals surface area contributed by atoms with Crippen molar-refractivity contribution in [3.8, 4) is 0 Å². The third-order valence-corrected chi connectivity index (χ3v) is 6.62. The molecule has 0 saturated carbocycles. The zero-order valence-electron chi connectivity index (χ0n) is 12.8. The Morgan fingerprint density at radius 3 is 2.15 bits per heavy atom. The Bertz CT molecular complexity index is 294. The van der Waals surface area contributed by atoms with E-state index >= 15 is 0 Å². The predicted molar refractivity (Wildman–Crippen MR) is 89.2 cm³/mol. The number of carbonyl (C=O) groups excluding carboxylic acids is 1. The van der Waals surface area contributed by atoms with Crippen LogP contribution < -0.4 is 0 Å². The van der Waals surface area contributed by atoms with Gasteiger partial charge in [-0.3, -0.25) is 0 Å². The van der Waals surface area contributed by atoms with Gasteiger partial charge >= 0.3 is 13.8 Å². The Morgan fingerprint density at radius 2 is 1.70 bits per heavy atom. The van der Waals surface area contributed by atoms with Gasteiger partial charge in [-0.1, -0.05) is 18.4 Å². The molecule has 0 aromatic rings. The Hall–Kier alpha value is 0.230. The molecule has 1 atom stereocenters. The van der Waals surface area contributed by atoms with Gasteiger partial charge in [-0.25, -0.2) is 4.79 Å². The fraction of sp³-hybridized carbons (Fsp3) is 0.923. The molecule has 20 heavy (non-hydrogen) atoms. The van der Waals surface area contributed by atoms with Crippen LogP contribution in [0.5, 0.6) is 0 Å². The minimum Gasteiger partial charge on any atom is -0.464 e. The largest absolute Gasteiger partial charge is 0.464 e. The van der Waals surface area contributed by atoms with Crippen LogP contribution in [0, 0.1) is 0 Å². The van der Waals surface area contributed by atoms with Gasteiger partial charge in [-0.05, 0) is 25.4 Å². The summed E-state index contributed by atoms with van der Waals surface area (Å²) in [5.74, 6) is 1.46. The Morgan fingerprint density at radius 1 is 1.10 bits per heavy atom. The Balaban J connectivity index is 4.72. The van der Waals surface area contributed by atoms with Crippen molar-refractivity contribution < 1.29 is 18.8 Å². The van der Waals surface area contributed by atoms with Crippen LogP contribution in [0.15, 0.2) is 0 Å². The van der Waals surface area contributed by atoms with E-state index in [-0.39, 0.29) is 12.3 Å². The lowest BCUT2D eigenvalue weighted by Crippen LogP contribution is -2.35. The van der Waals surface area contributed by atoms with Crippen molar-refractivity contribution >= 4 is 37.3 Å². The molecule has 0 aromatic carbocycles. The average molecular weight is 341 g/mol. The molecule has 0 aliphatic heterocycles. The van der Waals surface area contributed by atoms with E-state index in [0.717, 1.165) is 11.5 Å². The van der Waals surface area contributed by atoms with Crippen LogP contribution >= 0.6 is 31.3 Å². The number of ether oxygens (including phenoxy) is 2. The van der Waals surface area contributed by atoms with E-state index in [1.165, 1.54) is 0 Å². The summed E-state index contributed by atoms with van der Waals surface area (Å²) >= 11 is 3.16. The number of rotatable bonds is 12. The molecule has 118 valence electrons. The molecule has 0 aromatic heterocycles. The van der Waals surface area contributed by atoms with Crippen molar-refractivity contribution in [2.24, 2.45) is 0 Å².